The van der Waals surface area contributed by atoms with Crippen LogP contribution in [0.25, 0.3) is 11.2 Å². The van der Waals surface area contributed by atoms with Crippen LogP contribution in [0.4, 0.5) is 11.8 Å². The summed E-state index contributed by atoms with van der Waals surface area (Å²) in [6.07, 6.45) is 19.0. The summed E-state index contributed by atoms with van der Waals surface area (Å²) in [5, 5.41) is 5.87. The van der Waals surface area contributed by atoms with Crippen molar-refractivity contribution in [2.75, 3.05) is 43.5 Å². The summed E-state index contributed by atoms with van der Waals surface area (Å²) in [6.45, 7) is 5.97. The normalized spacial score (nSPS) is 24.6. The Bertz CT molecular complexity index is 994. The van der Waals surface area contributed by atoms with E-state index in [1.165, 1.54) is 83.8 Å². The molecule has 4 fully saturated rings. The molecule has 2 aromatic rings. The number of fused-ring (bicyclic) bond motifs is 1. The van der Waals surface area contributed by atoms with Gasteiger partial charge in [0, 0.05) is 19.1 Å². The maximum absolute atomic E-state index is 6.75. The smallest absolute Gasteiger partial charge is 0.228 e. The number of imidazole rings is 1. The molecule has 0 unspecified atom stereocenters. The Kier molecular flexibility index (Phi) is 7.31. The first kappa shape index (κ1) is 24.4. The van der Waals surface area contributed by atoms with Gasteiger partial charge in [0.2, 0.25) is 5.95 Å². The van der Waals surface area contributed by atoms with Gasteiger partial charge in [-0.05, 0) is 96.2 Å². The maximum Gasteiger partial charge on any atom is 0.228 e. The Morgan fingerprint density at radius 1 is 0.889 bits per heavy atom. The molecule has 0 atom stereocenters. The second-order valence-corrected chi connectivity index (χ2v) is 11.9. The number of hydrazine groups is 1. The van der Waals surface area contributed by atoms with E-state index in [9.17, 15) is 0 Å². The van der Waals surface area contributed by atoms with Crippen LogP contribution in [-0.2, 0) is 0 Å². The molecule has 0 aromatic carbocycles. The molecule has 0 bridgehead atoms. The number of rotatable bonds is 8. The molecule has 2 aliphatic heterocycles. The van der Waals surface area contributed by atoms with Gasteiger partial charge in [0.25, 0.3) is 0 Å². The zero-order valence-corrected chi connectivity index (χ0v) is 21.9. The van der Waals surface area contributed by atoms with Gasteiger partial charge in [-0.15, -0.1) is 0 Å². The first-order valence-corrected chi connectivity index (χ1v) is 14.7. The Balaban J connectivity index is 1.17. The minimum absolute atomic E-state index is 0.422. The van der Waals surface area contributed by atoms with Gasteiger partial charge in [-0.25, -0.2) is 9.99 Å². The second-order valence-electron chi connectivity index (χ2n) is 11.9. The Morgan fingerprint density at radius 3 is 2.39 bits per heavy atom. The number of likely N-dealkylation sites (tertiary alicyclic amines) is 1. The summed E-state index contributed by atoms with van der Waals surface area (Å²) in [5.41, 5.74) is 11.8. The first-order chi connectivity index (χ1) is 17.7. The van der Waals surface area contributed by atoms with Crippen molar-refractivity contribution in [2.45, 2.75) is 102 Å². The third kappa shape index (κ3) is 5.48. The van der Waals surface area contributed by atoms with E-state index in [1.807, 2.05) is 6.33 Å². The minimum atomic E-state index is -0.422. The predicted octanol–water partition coefficient (Wildman–Crippen LogP) is 4.50. The van der Waals surface area contributed by atoms with E-state index in [1.54, 1.807) is 0 Å². The summed E-state index contributed by atoms with van der Waals surface area (Å²) in [5.74, 6) is 2.28. The van der Waals surface area contributed by atoms with Crippen molar-refractivity contribution >= 4 is 22.9 Å². The third-order valence-corrected chi connectivity index (χ3v) is 9.18. The SMILES string of the molecule is NC1(Nc2nc(NN3CCC(CCN4CCCC4)CC3)c3ncn(C4CCCC4)c3n2)CCCCC1. The topological polar surface area (TPSA) is 100 Å². The van der Waals surface area contributed by atoms with E-state index >= 15 is 0 Å². The van der Waals surface area contributed by atoms with Crippen molar-refractivity contribution in [3.05, 3.63) is 6.33 Å². The van der Waals surface area contributed by atoms with Crippen LogP contribution in [0.2, 0.25) is 0 Å². The Labute approximate surface area is 215 Å². The highest BCUT2D eigenvalue weighted by Gasteiger charge is 2.30. The molecule has 36 heavy (non-hydrogen) atoms. The van der Waals surface area contributed by atoms with E-state index < -0.39 is 5.66 Å². The molecular formula is C27H45N9. The molecule has 2 aromatic heterocycles. The lowest BCUT2D eigenvalue weighted by molar-refractivity contribution is 0.193. The largest absolute Gasteiger partial charge is 0.336 e. The molecule has 0 amide bonds. The van der Waals surface area contributed by atoms with Gasteiger partial charge < -0.3 is 25.9 Å². The number of nitrogens with one attached hydrogen (secondary N) is 2. The molecule has 9 nitrogen and oxygen atoms in total. The van der Waals surface area contributed by atoms with Crippen LogP contribution in [0.15, 0.2) is 6.33 Å². The van der Waals surface area contributed by atoms with Crippen LogP contribution in [0, 0.1) is 5.92 Å². The van der Waals surface area contributed by atoms with Crippen molar-refractivity contribution < 1.29 is 0 Å². The van der Waals surface area contributed by atoms with Crippen LogP contribution in [0.1, 0.15) is 95.9 Å². The molecule has 9 heteroatoms. The molecule has 6 rings (SSSR count). The molecule has 4 N–H and O–H groups in total. The number of hydrogen-bond donors (Lipinski definition) is 3. The zero-order chi connectivity index (χ0) is 24.4. The van der Waals surface area contributed by atoms with Crippen molar-refractivity contribution in [3.8, 4) is 0 Å². The lowest BCUT2D eigenvalue weighted by Gasteiger charge is -2.35. The van der Waals surface area contributed by atoms with E-state index in [-0.39, 0.29) is 0 Å². The van der Waals surface area contributed by atoms with E-state index in [2.05, 4.69) is 25.2 Å². The summed E-state index contributed by atoms with van der Waals surface area (Å²) < 4.78 is 2.29. The number of nitrogens with zero attached hydrogens (tertiary/aromatic N) is 6. The number of anilines is 2. The average Bonchev–Trinajstić information content (AvgIpc) is 3.66. The summed E-state index contributed by atoms with van der Waals surface area (Å²) in [7, 11) is 0. The number of nitrogens with two attached hydrogens (primary N) is 1. The lowest BCUT2D eigenvalue weighted by atomic mass is 9.90. The van der Waals surface area contributed by atoms with Gasteiger partial charge in [0.15, 0.2) is 17.0 Å². The molecule has 2 aliphatic carbocycles. The van der Waals surface area contributed by atoms with Crippen LogP contribution in [0.5, 0.6) is 0 Å². The van der Waals surface area contributed by atoms with Crippen molar-refractivity contribution in [1.29, 1.82) is 0 Å². The molecule has 4 heterocycles. The predicted molar refractivity (Wildman–Crippen MR) is 145 cm³/mol. The molecule has 0 spiro atoms. The highest BCUT2D eigenvalue weighted by atomic mass is 15.5. The van der Waals surface area contributed by atoms with Gasteiger partial charge in [0.05, 0.1) is 12.0 Å². The van der Waals surface area contributed by atoms with Crippen molar-refractivity contribution in [3.63, 3.8) is 0 Å². The highest BCUT2D eigenvalue weighted by Crippen LogP contribution is 2.34. The van der Waals surface area contributed by atoms with Gasteiger partial charge in [-0.3, -0.25) is 0 Å². The lowest BCUT2D eigenvalue weighted by Crippen LogP contribution is -2.49. The number of aromatic nitrogens is 4. The molecule has 0 radical (unpaired) electrons. The van der Waals surface area contributed by atoms with E-state index in [4.69, 9.17) is 20.7 Å². The second kappa shape index (κ2) is 10.8. The Morgan fingerprint density at radius 2 is 1.64 bits per heavy atom. The maximum atomic E-state index is 6.75. The van der Waals surface area contributed by atoms with Gasteiger partial charge in [-0.2, -0.15) is 9.97 Å². The summed E-state index contributed by atoms with van der Waals surface area (Å²) in [6, 6.07) is 0.485. The van der Waals surface area contributed by atoms with Crippen molar-refractivity contribution in [1.82, 2.24) is 29.4 Å². The number of piperidine rings is 1. The standard InChI is InChI=1S/C27H45N9/c28-27(13-4-1-5-14-27)32-26-30-24(23-25(31-26)36(20-29-23)22-8-2-3-9-22)33-35-18-11-21(12-19-35)10-17-34-15-6-7-16-34/h20-22H,1-19,28H2,(H2,30,31,32,33). The minimum Gasteiger partial charge on any atom is -0.336 e. The molecular weight excluding hydrogens is 450 g/mol. The van der Waals surface area contributed by atoms with Crippen LogP contribution in [-0.4, -0.2) is 67.8 Å². The van der Waals surface area contributed by atoms with Crippen LogP contribution in [0.3, 0.4) is 0 Å². The molecule has 2 saturated carbocycles. The van der Waals surface area contributed by atoms with Gasteiger partial charge >= 0.3 is 0 Å². The fourth-order valence-electron chi connectivity index (χ4n) is 6.88. The fourth-order valence-corrected chi connectivity index (χ4v) is 6.88. The molecule has 2 saturated heterocycles. The van der Waals surface area contributed by atoms with E-state index in [0.717, 1.165) is 61.7 Å². The third-order valence-electron chi connectivity index (χ3n) is 9.18. The molecule has 198 valence electrons. The van der Waals surface area contributed by atoms with Gasteiger partial charge in [-0.1, -0.05) is 19.3 Å². The highest BCUT2D eigenvalue weighted by molar-refractivity contribution is 5.84. The summed E-state index contributed by atoms with van der Waals surface area (Å²) >= 11 is 0. The fraction of sp³-hybridized carbons (Fsp3) is 0.815. The quantitative estimate of drug-likeness (QED) is 0.461. The zero-order valence-electron chi connectivity index (χ0n) is 21.9. The Hall–Kier alpha value is -1.97. The average molecular weight is 496 g/mol. The van der Waals surface area contributed by atoms with Gasteiger partial charge in [0.1, 0.15) is 0 Å². The first-order valence-electron chi connectivity index (χ1n) is 14.7. The van der Waals surface area contributed by atoms with Crippen LogP contribution < -0.4 is 16.5 Å². The van der Waals surface area contributed by atoms with E-state index in [0.29, 0.717) is 12.0 Å². The number of hydrogen-bond acceptors (Lipinski definition) is 8. The van der Waals surface area contributed by atoms with Crippen LogP contribution >= 0.6 is 0 Å². The monoisotopic (exact) mass is 495 g/mol. The van der Waals surface area contributed by atoms with Crippen molar-refractivity contribution in [2.24, 2.45) is 11.7 Å². The summed E-state index contributed by atoms with van der Waals surface area (Å²) in [4.78, 5) is 17.4. The molecule has 4 aliphatic rings.